The van der Waals surface area contributed by atoms with Gasteiger partial charge in [-0.05, 0) is 43.9 Å². The molecule has 1 amide bonds. The number of likely N-dealkylation sites (tertiary alicyclic amines) is 1. The van der Waals surface area contributed by atoms with Crippen molar-refractivity contribution in [1.29, 1.82) is 0 Å². The van der Waals surface area contributed by atoms with Gasteiger partial charge in [0, 0.05) is 19.2 Å². The number of rotatable bonds is 3. The van der Waals surface area contributed by atoms with Crippen LogP contribution in [0.4, 0.5) is 0 Å². The van der Waals surface area contributed by atoms with Crippen LogP contribution in [0.15, 0.2) is 28.9 Å². The predicted octanol–water partition coefficient (Wildman–Crippen LogP) is 1.91. The van der Waals surface area contributed by atoms with Gasteiger partial charge in [-0.2, -0.15) is 0 Å². The molecule has 1 aliphatic heterocycles. The van der Waals surface area contributed by atoms with Crippen molar-refractivity contribution in [3.05, 3.63) is 30.2 Å². The Morgan fingerprint density at radius 1 is 1.56 bits per heavy atom. The maximum atomic E-state index is 11.9. The largest absolute Gasteiger partial charge is 0.465 e. The molecule has 1 aliphatic rings. The number of amides is 1. The van der Waals surface area contributed by atoms with E-state index in [1.54, 1.807) is 24.5 Å². The van der Waals surface area contributed by atoms with E-state index in [4.69, 9.17) is 4.42 Å². The average Bonchev–Trinajstić information content (AvgIpc) is 2.89. The van der Waals surface area contributed by atoms with Crippen molar-refractivity contribution in [2.75, 3.05) is 13.1 Å². The van der Waals surface area contributed by atoms with Gasteiger partial charge in [-0.15, -0.1) is 0 Å². The smallest absolute Gasteiger partial charge is 0.246 e. The van der Waals surface area contributed by atoms with E-state index in [2.05, 4.69) is 0 Å². The van der Waals surface area contributed by atoms with E-state index in [0.717, 1.165) is 25.9 Å². The topological polar surface area (TPSA) is 53.7 Å². The fraction of sp³-hybridized carbons (Fsp3) is 0.500. The number of hydrogen-bond donors (Lipinski definition) is 1. The molecule has 1 aromatic heterocycles. The third-order valence-electron chi connectivity index (χ3n) is 3.47. The van der Waals surface area contributed by atoms with Crippen LogP contribution in [0.1, 0.15) is 25.5 Å². The molecular weight excluding hydrogens is 230 g/mol. The second-order valence-corrected chi connectivity index (χ2v) is 4.75. The summed E-state index contributed by atoms with van der Waals surface area (Å²) in [5.74, 6) is 1.01. The monoisotopic (exact) mass is 249 g/mol. The van der Waals surface area contributed by atoms with Crippen molar-refractivity contribution in [2.45, 2.75) is 25.9 Å². The van der Waals surface area contributed by atoms with Crippen molar-refractivity contribution in [2.24, 2.45) is 5.92 Å². The first kappa shape index (κ1) is 12.9. The van der Waals surface area contributed by atoms with Gasteiger partial charge in [0.2, 0.25) is 5.91 Å². The Bertz CT molecular complexity index is 401. The molecule has 2 rings (SSSR count). The van der Waals surface area contributed by atoms with Crippen LogP contribution in [0.5, 0.6) is 0 Å². The van der Waals surface area contributed by atoms with Crippen LogP contribution in [0.25, 0.3) is 6.08 Å². The standard InChI is InChI=1S/C14H19NO3/c1-11(16)12-6-8-15(9-7-12)14(17)5-4-13-3-2-10-18-13/h2-5,10-12,16H,6-9H2,1H3. The van der Waals surface area contributed by atoms with Gasteiger partial charge in [0.25, 0.3) is 0 Å². The number of aliphatic hydroxyl groups is 1. The van der Waals surface area contributed by atoms with Crippen molar-refractivity contribution in [3.8, 4) is 0 Å². The molecule has 0 bridgehead atoms. The lowest BCUT2D eigenvalue weighted by atomic mass is 9.92. The highest BCUT2D eigenvalue weighted by atomic mass is 16.3. The third-order valence-corrected chi connectivity index (χ3v) is 3.47. The quantitative estimate of drug-likeness (QED) is 0.833. The first-order valence-corrected chi connectivity index (χ1v) is 6.35. The maximum Gasteiger partial charge on any atom is 0.246 e. The zero-order chi connectivity index (χ0) is 13.0. The van der Waals surface area contributed by atoms with Crippen LogP contribution < -0.4 is 0 Å². The first-order valence-electron chi connectivity index (χ1n) is 6.35. The number of piperidine rings is 1. The minimum Gasteiger partial charge on any atom is -0.465 e. The molecule has 1 N–H and O–H groups in total. The Balaban J connectivity index is 1.84. The fourth-order valence-corrected chi connectivity index (χ4v) is 2.25. The van der Waals surface area contributed by atoms with Crippen LogP contribution in [0.3, 0.4) is 0 Å². The van der Waals surface area contributed by atoms with Gasteiger partial charge in [0.05, 0.1) is 12.4 Å². The number of hydrogen-bond acceptors (Lipinski definition) is 3. The highest BCUT2D eigenvalue weighted by molar-refractivity contribution is 5.91. The summed E-state index contributed by atoms with van der Waals surface area (Å²) in [4.78, 5) is 13.7. The van der Waals surface area contributed by atoms with Gasteiger partial charge < -0.3 is 14.4 Å². The Morgan fingerprint density at radius 2 is 2.28 bits per heavy atom. The van der Waals surface area contributed by atoms with Crippen LogP contribution in [-0.2, 0) is 4.79 Å². The highest BCUT2D eigenvalue weighted by Gasteiger charge is 2.24. The van der Waals surface area contributed by atoms with Gasteiger partial charge in [-0.25, -0.2) is 0 Å². The highest BCUT2D eigenvalue weighted by Crippen LogP contribution is 2.20. The molecule has 0 radical (unpaired) electrons. The summed E-state index contributed by atoms with van der Waals surface area (Å²) in [5, 5.41) is 9.50. The van der Waals surface area contributed by atoms with Crippen molar-refractivity contribution < 1.29 is 14.3 Å². The van der Waals surface area contributed by atoms with Crippen LogP contribution in [-0.4, -0.2) is 35.1 Å². The third kappa shape index (κ3) is 3.23. The molecule has 1 aromatic rings. The van der Waals surface area contributed by atoms with Crippen LogP contribution >= 0.6 is 0 Å². The van der Waals surface area contributed by atoms with E-state index >= 15 is 0 Å². The molecule has 2 heterocycles. The molecular formula is C14H19NO3. The number of carbonyl (C=O) groups excluding carboxylic acids is 1. The van der Waals surface area contributed by atoms with Crippen molar-refractivity contribution in [3.63, 3.8) is 0 Å². The zero-order valence-corrected chi connectivity index (χ0v) is 10.6. The average molecular weight is 249 g/mol. The lowest BCUT2D eigenvalue weighted by Crippen LogP contribution is -2.39. The Kier molecular flexibility index (Phi) is 4.20. The summed E-state index contributed by atoms with van der Waals surface area (Å²) >= 11 is 0. The number of furan rings is 1. The summed E-state index contributed by atoms with van der Waals surface area (Å²) in [6, 6.07) is 3.60. The molecule has 1 atom stereocenters. The fourth-order valence-electron chi connectivity index (χ4n) is 2.25. The molecule has 0 saturated carbocycles. The van der Waals surface area contributed by atoms with Gasteiger partial charge in [0.1, 0.15) is 5.76 Å². The summed E-state index contributed by atoms with van der Waals surface area (Å²) in [5.41, 5.74) is 0. The molecule has 1 saturated heterocycles. The molecule has 98 valence electrons. The van der Waals surface area contributed by atoms with E-state index in [-0.39, 0.29) is 12.0 Å². The Morgan fingerprint density at radius 3 is 2.83 bits per heavy atom. The second-order valence-electron chi connectivity index (χ2n) is 4.75. The molecule has 1 fully saturated rings. The Labute approximate surface area is 107 Å². The molecule has 0 spiro atoms. The molecule has 0 aromatic carbocycles. The van der Waals surface area contributed by atoms with Gasteiger partial charge in [-0.1, -0.05) is 0 Å². The first-order chi connectivity index (χ1) is 8.66. The lowest BCUT2D eigenvalue weighted by Gasteiger charge is -2.32. The number of nitrogens with zero attached hydrogens (tertiary/aromatic N) is 1. The van der Waals surface area contributed by atoms with Crippen molar-refractivity contribution in [1.82, 2.24) is 4.90 Å². The van der Waals surface area contributed by atoms with Gasteiger partial charge in [-0.3, -0.25) is 4.79 Å². The van der Waals surface area contributed by atoms with E-state index in [1.165, 1.54) is 0 Å². The SMILES string of the molecule is CC(O)C1CCN(C(=O)C=Cc2ccco2)CC1. The summed E-state index contributed by atoms with van der Waals surface area (Å²) in [6.45, 7) is 3.26. The number of aliphatic hydroxyl groups excluding tert-OH is 1. The maximum absolute atomic E-state index is 11.9. The van der Waals surface area contributed by atoms with Gasteiger partial charge >= 0.3 is 0 Å². The number of carbonyl (C=O) groups is 1. The molecule has 1 unspecified atom stereocenters. The Hall–Kier alpha value is -1.55. The molecule has 4 nitrogen and oxygen atoms in total. The predicted molar refractivity (Wildman–Crippen MR) is 68.7 cm³/mol. The molecule has 18 heavy (non-hydrogen) atoms. The van der Waals surface area contributed by atoms with Crippen molar-refractivity contribution >= 4 is 12.0 Å². The van der Waals surface area contributed by atoms with Crippen LogP contribution in [0, 0.1) is 5.92 Å². The normalized spacial score (nSPS) is 19.3. The van der Waals surface area contributed by atoms with E-state index in [0.29, 0.717) is 11.7 Å². The second kappa shape index (κ2) is 5.87. The molecule has 4 heteroatoms. The zero-order valence-electron chi connectivity index (χ0n) is 10.6. The lowest BCUT2D eigenvalue weighted by molar-refractivity contribution is -0.127. The summed E-state index contributed by atoms with van der Waals surface area (Å²) in [7, 11) is 0. The summed E-state index contributed by atoms with van der Waals surface area (Å²) in [6.07, 6.45) is 6.28. The minimum absolute atomic E-state index is 0.00967. The van der Waals surface area contributed by atoms with E-state index in [9.17, 15) is 9.90 Å². The van der Waals surface area contributed by atoms with E-state index in [1.807, 2.05) is 17.9 Å². The molecule has 0 aliphatic carbocycles. The van der Waals surface area contributed by atoms with Crippen LogP contribution in [0.2, 0.25) is 0 Å². The van der Waals surface area contributed by atoms with E-state index < -0.39 is 0 Å². The minimum atomic E-state index is -0.277. The summed E-state index contributed by atoms with van der Waals surface area (Å²) < 4.78 is 5.13. The van der Waals surface area contributed by atoms with Gasteiger partial charge in [0.15, 0.2) is 0 Å².